The highest BCUT2D eigenvalue weighted by Crippen LogP contribution is 2.37. The van der Waals surface area contributed by atoms with Crippen molar-refractivity contribution in [2.45, 2.75) is 33.6 Å². The van der Waals surface area contributed by atoms with E-state index in [-0.39, 0.29) is 15.9 Å². The van der Waals surface area contributed by atoms with Gasteiger partial charge in [0.05, 0.1) is 13.0 Å². The second-order valence-corrected chi connectivity index (χ2v) is 5.24. The first-order valence-corrected chi connectivity index (χ1v) is 5.91. The van der Waals surface area contributed by atoms with Gasteiger partial charge in [-0.15, -0.1) is 0 Å². The van der Waals surface area contributed by atoms with E-state index >= 15 is 0 Å². The van der Waals surface area contributed by atoms with Gasteiger partial charge in [0, 0.05) is 6.42 Å². The molecule has 1 aliphatic rings. The molecule has 1 rings (SSSR count). The Bertz CT molecular complexity index is 344. The van der Waals surface area contributed by atoms with Gasteiger partial charge in [-0.1, -0.05) is 13.8 Å². The van der Waals surface area contributed by atoms with E-state index in [0.29, 0.717) is 25.2 Å². The summed E-state index contributed by atoms with van der Waals surface area (Å²) in [6.07, 6.45) is 0.901. The SMILES string of the molecule is CCOC(=O)/C(Br)=C1\CC(C)(C)CC(=O)O1. The highest BCUT2D eigenvalue weighted by Gasteiger charge is 2.33. The van der Waals surface area contributed by atoms with Crippen LogP contribution in [-0.4, -0.2) is 18.5 Å². The van der Waals surface area contributed by atoms with Crippen molar-refractivity contribution >= 4 is 27.9 Å². The molecule has 4 nitrogen and oxygen atoms in total. The van der Waals surface area contributed by atoms with Gasteiger partial charge in [-0.3, -0.25) is 4.79 Å². The number of carbonyl (C=O) groups excluding carboxylic acids is 2. The minimum absolute atomic E-state index is 0.184. The Morgan fingerprint density at radius 2 is 2.12 bits per heavy atom. The molecule has 16 heavy (non-hydrogen) atoms. The van der Waals surface area contributed by atoms with Gasteiger partial charge in [-0.2, -0.15) is 0 Å². The molecule has 0 aromatic heterocycles. The minimum atomic E-state index is -0.497. The Morgan fingerprint density at radius 3 is 2.62 bits per heavy atom. The van der Waals surface area contributed by atoms with Gasteiger partial charge in [0.25, 0.3) is 0 Å². The van der Waals surface area contributed by atoms with Gasteiger partial charge in [0.1, 0.15) is 10.2 Å². The average molecular weight is 291 g/mol. The summed E-state index contributed by atoms with van der Waals surface area (Å²) in [5.74, 6) is -0.449. The predicted octanol–water partition coefficient (Wildman–Crippen LogP) is 2.52. The van der Waals surface area contributed by atoms with Crippen molar-refractivity contribution < 1.29 is 19.1 Å². The smallest absolute Gasteiger partial charge is 0.348 e. The number of esters is 2. The van der Waals surface area contributed by atoms with E-state index < -0.39 is 5.97 Å². The number of hydrogen-bond donors (Lipinski definition) is 0. The molecule has 90 valence electrons. The monoisotopic (exact) mass is 290 g/mol. The summed E-state index contributed by atoms with van der Waals surface area (Å²) >= 11 is 3.11. The van der Waals surface area contributed by atoms with Crippen LogP contribution in [0.2, 0.25) is 0 Å². The Hall–Kier alpha value is -0.840. The molecular formula is C11H15BrO4. The van der Waals surface area contributed by atoms with Gasteiger partial charge in [0.2, 0.25) is 0 Å². The van der Waals surface area contributed by atoms with Crippen molar-refractivity contribution in [1.82, 2.24) is 0 Å². The van der Waals surface area contributed by atoms with Crippen molar-refractivity contribution in [2.75, 3.05) is 6.61 Å². The molecule has 0 amide bonds. The second kappa shape index (κ2) is 4.99. The molecule has 1 heterocycles. The fourth-order valence-electron chi connectivity index (χ4n) is 1.53. The van der Waals surface area contributed by atoms with Crippen molar-refractivity contribution in [3.8, 4) is 0 Å². The van der Waals surface area contributed by atoms with E-state index in [1.807, 2.05) is 13.8 Å². The zero-order valence-electron chi connectivity index (χ0n) is 9.63. The van der Waals surface area contributed by atoms with Crippen molar-refractivity contribution in [2.24, 2.45) is 5.41 Å². The molecule has 1 aliphatic heterocycles. The Balaban J connectivity index is 2.89. The van der Waals surface area contributed by atoms with Crippen LogP contribution in [0.3, 0.4) is 0 Å². The van der Waals surface area contributed by atoms with Gasteiger partial charge < -0.3 is 9.47 Å². The molecule has 0 aliphatic carbocycles. The highest BCUT2D eigenvalue weighted by molar-refractivity contribution is 9.12. The van der Waals surface area contributed by atoms with Crippen LogP contribution in [0.25, 0.3) is 0 Å². The van der Waals surface area contributed by atoms with Crippen molar-refractivity contribution in [1.29, 1.82) is 0 Å². The molecule has 0 unspecified atom stereocenters. The third kappa shape index (κ3) is 3.33. The average Bonchev–Trinajstić information content (AvgIpc) is 2.13. The molecule has 0 atom stereocenters. The molecule has 0 saturated carbocycles. The number of ether oxygens (including phenoxy) is 2. The third-order valence-electron chi connectivity index (χ3n) is 2.20. The van der Waals surface area contributed by atoms with Crippen LogP contribution in [0.1, 0.15) is 33.6 Å². The van der Waals surface area contributed by atoms with Gasteiger partial charge in [-0.05, 0) is 28.3 Å². The van der Waals surface area contributed by atoms with E-state index in [2.05, 4.69) is 15.9 Å². The van der Waals surface area contributed by atoms with Gasteiger partial charge in [0.15, 0.2) is 0 Å². The largest absolute Gasteiger partial charge is 0.462 e. The topological polar surface area (TPSA) is 52.6 Å². The Kier molecular flexibility index (Phi) is 4.13. The molecule has 0 N–H and O–H groups in total. The first-order chi connectivity index (χ1) is 7.35. The van der Waals surface area contributed by atoms with Crippen LogP contribution in [0.15, 0.2) is 10.2 Å². The standard InChI is InChI=1S/C11H15BrO4/c1-4-15-10(14)9(12)7-5-11(2,3)6-8(13)16-7/h4-6H2,1-3H3/b9-7-. The van der Waals surface area contributed by atoms with Gasteiger partial charge in [-0.25, -0.2) is 4.79 Å². The van der Waals surface area contributed by atoms with Crippen LogP contribution in [0.5, 0.6) is 0 Å². The zero-order chi connectivity index (χ0) is 12.3. The first-order valence-electron chi connectivity index (χ1n) is 5.12. The normalized spacial score (nSPS) is 22.4. The minimum Gasteiger partial charge on any atom is -0.462 e. The Labute approximate surface area is 103 Å². The summed E-state index contributed by atoms with van der Waals surface area (Å²) in [7, 11) is 0. The summed E-state index contributed by atoms with van der Waals surface area (Å²) < 4.78 is 10.1. The molecular weight excluding hydrogens is 276 g/mol. The van der Waals surface area contributed by atoms with Crippen molar-refractivity contribution in [3.05, 3.63) is 10.2 Å². The summed E-state index contributed by atoms with van der Waals surface area (Å²) in [4.78, 5) is 22.8. The highest BCUT2D eigenvalue weighted by atomic mass is 79.9. The lowest BCUT2D eigenvalue weighted by molar-refractivity contribution is -0.146. The van der Waals surface area contributed by atoms with Crippen LogP contribution >= 0.6 is 15.9 Å². The third-order valence-corrected chi connectivity index (χ3v) is 2.96. The van der Waals surface area contributed by atoms with Crippen LogP contribution in [0.4, 0.5) is 0 Å². The maximum Gasteiger partial charge on any atom is 0.348 e. The van der Waals surface area contributed by atoms with E-state index in [1.54, 1.807) is 6.92 Å². The molecule has 1 fully saturated rings. The van der Waals surface area contributed by atoms with E-state index in [1.165, 1.54) is 0 Å². The Morgan fingerprint density at radius 1 is 1.50 bits per heavy atom. The molecule has 0 bridgehead atoms. The van der Waals surface area contributed by atoms with Crippen LogP contribution in [0, 0.1) is 5.41 Å². The second-order valence-electron chi connectivity index (χ2n) is 4.45. The number of hydrogen-bond acceptors (Lipinski definition) is 4. The molecule has 0 radical (unpaired) electrons. The fraction of sp³-hybridized carbons (Fsp3) is 0.636. The maximum atomic E-state index is 11.4. The molecule has 0 aromatic rings. The van der Waals surface area contributed by atoms with Crippen LogP contribution in [-0.2, 0) is 19.1 Å². The predicted molar refractivity (Wildman–Crippen MR) is 61.7 cm³/mol. The lowest BCUT2D eigenvalue weighted by atomic mass is 9.83. The fourth-order valence-corrected chi connectivity index (χ4v) is 1.86. The maximum absolute atomic E-state index is 11.4. The summed E-state index contributed by atoms with van der Waals surface area (Å²) in [6.45, 7) is 5.93. The van der Waals surface area contributed by atoms with Gasteiger partial charge >= 0.3 is 11.9 Å². The summed E-state index contributed by atoms with van der Waals surface area (Å²) in [6, 6.07) is 0. The first kappa shape index (κ1) is 13.2. The molecule has 1 saturated heterocycles. The number of rotatable bonds is 2. The van der Waals surface area contributed by atoms with Crippen molar-refractivity contribution in [3.63, 3.8) is 0 Å². The number of allylic oxidation sites excluding steroid dienone is 1. The van der Waals surface area contributed by atoms with E-state index in [0.717, 1.165) is 0 Å². The quantitative estimate of drug-likeness (QED) is 0.579. The lowest BCUT2D eigenvalue weighted by Crippen LogP contribution is -2.27. The lowest BCUT2D eigenvalue weighted by Gasteiger charge is -2.30. The number of carbonyl (C=O) groups is 2. The molecule has 0 aromatic carbocycles. The number of halogens is 1. The van der Waals surface area contributed by atoms with Crippen LogP contribution < -0.4 is 0 Å². The summed E-state index contributed by atoms with van der Waals surface area (Å²) in [5, 5.41) is 0. The number of cyclic esters (lactones) is 1. The molecule has 0 spiro atoms. The molecule has 5 heteroatoms. The zero-order valence-corrected chi connectivity index (χ0v) is 11.2. The van der Waals surface area contributed by atoms with E-state index in [9.17, 15) is 9.59 Å². The summed E-state index contributed by atoms with van der Waals surface area (Å²) in [5.41, 5.74) is -0.184. The van der Waals surface area contributed by atoms with E-state index in [4.69, 9.17) is 9.47 Å².